The lowest BCUT2D eigenvalue weighted by molar-refractivity contribution is 0.515. The van der Waals surface area contributed by atoms with Crippen LogP contribution in [0.4, 0.5) is 5.69 Å². The Bertz CT molecular complexity index is 1270. The lowest BCUT2D eigenvalue weighted by Crippen LogP contribution is -2.36. The van der Waals surface area contributed by atoms with Gasteiger partial charge in [0.25, 0.3) is 0 Å². The minimum atomic E-state index is -0.591. The predicted octanol–water partition coefficient (Wildman–Crippen LogP) is 6.94. The minimum Gasteiger partial charge on any atom is -0.318 e. The fourth-order valence-corrected chi connectivity index (χ4v) is 4.38. The Morgan fingerprint density at radius 2 is 1.19 bits per heavy atom. The second-order valence-corrected chi connectivity index (χ2v) is 7.64. The molecule has 0 aliphatic heterocycles. The van der Waals surface area contributed by atoms with Gasteiger partial charge in [0, 0.05) is 6.20 Å². The number of imidazole rings is 1. The average Bonchev–Trinajstić information content (AvgIpc) is 3.37. The van der Waals surface area contributed by atoms with Gasteiger partial charge < -0.3 is 4.57 Å². The normalized spacial score (nSPS) is 11.1. The van der Waals surface area contributed by atoms with Crippen molar-refractivity contribution in [3.05, 3.63) is 156 Å². The van der Waals surface area contributed by atoms with Crippen molar-refractivity contribution in [3.63, 3.8) is 0 Å². The van der Waals surface area contributed by atoms with E-state index in [-0.39, 0.29) is 0 Å². The molecule has 0 radical (unpaired) electrons. The van der Waals surface area contributed by atoms with E-state index in [1.165, 1.54) is 0 Å². The van der Waals surface area contributed by atoms with Gasteiger partial charge in [-0.05, 0) is 28.3 Å². The van der Waals surface area contributed by atoms with Gasteiger partial charge in [-0.2, -0.15) is 0 Å². The first-order chi connectivity index (χ1) is 15.8. The first kappa shape index (κ1) is 19.5. The summed E-state index contributed by atoms with van der Waals surface area (Å²) >= 11 is 0. The van der Waals surface area contributed by atoms with Crippen LogP contribution in [-0.2, 0) is 5.54 Å². The van der Waals surface area contributed by atoms with Crippen LogP contribution in [0, 0.1) is 6.57 Å². The van der Waals surface area contributed by atoms with Crippen LogP contribution >= 0.6 is 0 Å². The van der Waals surface area contributed by atoms with Gasteiger partial charge in [0.1, 0.15) is 5.54 Å². The molecule has 0 amide bonds. The molecule has 3 heteroatoms. The molecule has 0 fully saturated rings. The molecule has 0 aliphatic rings. The highest BCUT2D eigenvalue weighted by atomic mass is 15.1. The van der Waals surface area contributed by atoms with E-state index in [1.54, 1.807) is 0 Å². The van der Waals surface area contributed by atoms with Crippen molar-refractivity contribution in [2.45, 2.75) is 5.54 Å². The van der Waals surface area contributed by atoms with Crippen LogP contribution in [0.2, 0.25) is 0 Å². The Morgan fingerprint density at radius 1 is 0.656 bits per heavy atom. The quantitative estimate of drug-likeness (QED) is 0.227. The highest BCUT2D eigenvalue weighted by Crippen LogP contribution is 2.41. The molecule has 0 bridgehead atoms. The van der Waals surface area contributed by atoms with Crippen LogP contribution < -0.4 is 0 Å². The molecule has 5 aromatic rings. The van der Waals surface area contributed by atoms with E-state index >= 15 is 0 Å². The molecule has 152 valence electrons. The third-order valence-electron chi connectivity index (χ3n) is 5.82. The monoisotopic (exact) mass is 411 g/mol. The number of hydrogen-bond acceptors (Lipinski definition) is 1. The summed E-state index contributed by atoms with van der Waals surface area (Å²) in [6, 6.07) is 39.2. The van der Waals surface area contributed by atoms with Crippen LogP contribution in [0.15, 0.2) is 128 Å². The number of aromatic nitrogens is 2. The van der Waals surface area contributed by atoms with Crippen molar-refractivity contribution in [1.82, 2.24) is 9.55 Å². The van der Waals surface area contributed by atoms with E-state index < -0.39 is 5.54 Å². The molecule has 0 saturated carbocycles. The summed E-state index contributed by atoms with van der Waals surface area (Å²) in [6.45, 7) is 7.34. The zero-order chi connectivity index (χ0) is 21.8. The third-order valence-corrected chi connectivity index (χ3v) is 5.82. The molecule has 5 rings (SSSR count). The standard InChI is InChI=1S/C29H21N3/c1-30-27-19-11-12-23(20-27)28-21-32(22-31-28)29(24-13-5-2-6-14-24,25-15-7-3-8-16-25)26-17-9-4-10-18-26/h2-22H. The SMILES string of the molecule is [C-]#[N+]c1cccc(-c2cn(C(c3ccccc3)(c3ccccc3)c3ccccc3)cn2)c1. The van der Waals surface area contributed by atoms with Crippen molar-refractivity contribution < 1.29 is 0 Å². The van der Waals surface area contributed by atoms with E-state index in [0.29, 0.717) is 5.69 Å². The Kier molecular flexibility index (Phi) is 5.11. The summed E-state index contributed by atoms with van der Waals surface area (Å²) in [6.07, 6.45) is 3.98. The molecule has 0 atom stereocenters. The lowest BCUT2D eigenvalue weighted by Gasteiger charge is -2.37. The minimum absolute atomic E-state index is 0.591. The van der Waals surface area contributed by atoms with Crippen LogP contribution in [-0.4, -0.2) is 9.55 Å². The summed E-state index contributed by atoms with van der Waals surface area (Å²) in [7, 11) is 0. The Balaban J connectivity index is 1.80. The molecule has 0 N–H and O–H groups in total. The summed E-state index contributed by atoms with van der Waals surface area (Å²) in [4.78, 5) is 8.33. The molecule has 0 saturated heterocycles. The molecule has 0 spiro atoms. The van der Waals surface area contributed by atoms with Gasteiger partial charge in [0.2, 0.25) is 0 Å². The molecule has 0 aliphatic carbocycles. The smallest absolute Gasteiger partial charge is 0.187 e. The molecule has 1 heterocycles. The van der Waals surface area contributed by atoms with Gasteiger partial charge in [-0.1, -0.05) is 109 Å². The van der Waals surface area contributed by atoms with Crippen LogP contribution in [0.25, 0.3) is 16.1 Å². The number of benzene rings is 4. The van der Waals surface area contributed by atoms with Crippen molar-refractivity contribution >= 4 is 5.69 Å². The molecular weight excluding hydrogens is 390 g/mol. The third kappa shape index (κ3) is 3.29. The maximum atomic E-state index is 7.34. The number of hydrogen-bond donors (Lipinski definition) is 0. The van der Waals surface area contributed by atoms with Crippen LogP contribution in [0.3, 0.4) is 0 Å². The van der Waals surface area contributed by atoms with Gasteiger partial charge in [0.15, 0.2) is 5.69 Å². The van der Waals surface area contributed by atoms with Gasteiger partial charge in [0.05, 0.1) is 18.6 Å². The Morgan fingerprint density at radius 3 is 1.69 bits per heavy atom. The predicted molar refractivity (Wildman–Crippen MR) is 129 cm³/mol. The van der Waals surface area contributed by atoms with E-state index in [4.69, 9.17) is 11.6 Å². The van der Waals surface area contributed by atoms with Crippen LogP contribution in [0.1, 0.15) is 16.7 Å². The average molecular weight is 412 g/mol. The largest absolute Gasteiger partial charge is 0.318 e. The summed E-state index contributed by atoms with van der Waals surface area (Å²) in [5.74, 6) is 0. The maximum absolute atomic E-state index is 7.34. The zero-order valence-electron chi connectivity index (χ0n) is 17.5. The van der Waals surface area contributed by atoms with E-state index in [9.17, 15) is 0 Å². The van der Waals surface area contributed by atoms with Gasteiger partial charge in [-0.15, -0.1) is 0 Å². The van der Waals surface area contributed by atoms with Gasteiger partial charge >= 0.3 is 0 Å². The molecule has 1 aromatic heterocycles. The molecule has 4 aromatic carbocycles. The van der Waals surface area contributed by atoms with Crippen molar-refractivity contribution in [2.24, 2.45) is 0 Å². The number of nitrogens with zero attached hydrogens (tertiary/aromatic N) is 3. The highest BCUT2D eigenvalue weighted by Gasteiger charge is 2.38. The van der Waals surface area contributed by atoms with E-state index in [1.807, 2.05) is 48.8 Å². The molecule has 32 heavy (non-hydrogen) atoms. The fraction of sp³-hybridized carbons (Fsp3) is 0.0345. The first-order valence-electron chi connectivity index (χ1n) is 10.5. The topological polar surface area (TPSA) is 22.2 Å². The first-order valence-corrected chi connectivity index (χ1v) is 10.5. The highest BCUT2D eigenvalue weighted by molar-refractivity contribution is 5.65. The van der Waals surface area contributed by atoms with Gasteiger partial charge in [-0.25, -0.2) is 9.83 Å². The zero-order valence-corrected chi connectivity index (χ0v) is 17.5. The maximum Gasteiger partial charge on any atom is 0.187 e. The summed E-state index contributed by atoms with van der Waals surface area (Å²) in [5, 5.41) is 0. The van der Waals surface area contributed by atoms with E-state index in [2.05, 4.69) is 88.4 Å². The Labute approximate surface area is 188 Å². The second-order valence-electron chi connectivity index (χ2n) is 7.64. The van der Waals surface area contributed by atoms with Crippen molar-refractivity contribution in [3.8, 4) is 11.3 Å². The Hall–Kier alpha value is -4.42. The lowest BCUT2D eigenvalue weighted by atomic mass is 9.77. The summed E-state index contributed by atoms with van der Waals surface area (Å²) in [5.41, 5.74) is 5.23. The fourth-order valence-electron chi connectivity index (χ4n) is 4.38. The van der Waals surface area contributed by atoms with E-state index in [0.717, 1.165) is 27.9 Å². The molecule has 3 nitrogen and oxygen atoms in total. The van der Waals surface area contributed by atoms with Crippen LogP contribution in [0.5, 0.6) is 0 Å². The second kappa shape index (κ2) is 8.37. The molecular formula is C29H21N3. The number of rotatable bonds is 5. The van der Waals surface area contributed by atoms with Gasteiger partial charge in [-0.3, -0.25) is 0 Å². The van der Waals surface area contributed by atoms with Crippen molar-refractivity contribution in [2.75, 3.05) is 0 Å². The molecule has 0 unspecified atom stereocenters. The van der Waals surface area contributed by atoms with Crippen molar-refractivity contribution in [1.29, 1.82) is 0 Å². The summed E-state index contributed by atoms with van der Waals surface area (Å²) < 4.78 is 2.19.